The van der Waals surface area contributed by atoms with E-state index in [0.717, 1.165) is 16.4 Å². The van der Waals surface area contributed by atoms with Crippen molar-refractivity contribution in [3.05, 3.63) is 17.9 Å². The van der Waals surface area contributed by atoms with Crippen molar-refractivity contribution in [1.29, 1.82) is 0 Å². The number of likely N-dealkylation sites (N-methyl/N-ethyl adjacent to an activating group) is 2. The number of halogens is 2. The summed E-state index contributed by atoms with van der Waals surface area (Å²) in [5.74, 6) is -0.574. The smallest absolute Gasteiger partial charge is 0.245 e. The zero-order valence-electron chi connectivity index (χ0n) is 12.3. The number of hydrogen-bond acceptors (Lipinski definition) is 5. The van der Waals surface area contributed by atoms with E-state index in [1.165, 1.54) is 21.3 Å². The second-order valence-corrected chi connectivity index (χ2v) is 6.08. The predicted molar refractivity (Wildman–Crippen MR) is 80.5 cm³/mol. The van der Waals surface area contributed by atoms with Gasteiger partial charge in [-0.15, -0.1) is 12.4 Å². The Hall–Kier alpha value is -1.09. The molecule has 9 heteroatoms. The van der Waals surface area contributed by atoms with Gasteiger partial charge in [0.05, 0.1) is 14.2 Å². The topological polar surface area (TPSA) is 67.9 Å². The summed E-state index contributed by atoms with van der Waals surface area (Å²) in [6, 6.07) is 2.12. The van der Waals surface area contributed by atoms with Crippen LogP contribution in [0.2, 0.25) is 0 Å². The van der Waals surface area contributed by atoms with Gasteiger partial charge in [0.25, 0.3) is 0 Å². The molecule has 0 heterocycles. The molecule has 1 N–H and O–H groups in total. The van der Waals surface area contributed by atoms with E-state index in [4.69, 9.17) is 9.47 Å². The molecule has 6 nitrogen and oxygen atoms in total. The van der Waals surface area contributed by atoms with Crippen LogP contribution in [0.1, 0.15) is 0 Å². The molecule has 0 unspecified atom stereocenters. The summed E-state index contributed by atoms with van der Waals surface area (Å²) >= 11 is 0. The molecule has 0 atom stereocenters. The Labute approximate surface area is 130 Å². The van der Waals surface area contributed by atoms with Gasteiger partial charge in [-0.05, 0) is 7.05 Å². The number of methoxy groups -OCH3 is 2. The van der Waals surface area contributed by atoms with E-state index in [0.29, 0.717) is 6.54 Å². The molecular weight excluding hydrogens is 323 g/mol. The molecule has 0 aromatic heterocycles. The van der Waals surface area contributed by atoms with Crippen LogP contribution in [-0.4, -0.2) is 54.1 Å². The van der Waals surface area contributed by atoms with Crippen molar-refractivity contribution in [2.45, 2.75) is 4.90 Å². The van der Waals surface area contributed by atoms with Crippen LogP contribution in [-0.2, 0) is 10.0 Å². The van der Waals surface area contributed by atoms with E-state index in [2.05, 4.69) is 5.32 Å². The van der Waals surface area contributed by atoms with Crippen LogP contribution in [0.3, 0.4) is 0 Å². The molecule has 0 aliphatic heterocycles. The Morgan fingerprint density at radius 2 is 1.76 bits per heavy atom. The maximum absolute atomic E-state index is 14.0. The molecule has 0 aliphatic rings. The minimum absolute atomic E-state index is 0. The predicted octanol–water partition coefficient (Wildman–Crippen LogP) is 1.10. The Balaban J connectivity index is 0.00000400. The van der Waals surface area contributed by atoms with Crippen molar-refractivity contribution >= 4 is 22.4 Å². The number of nitrogens with one attached hydrogen (secondary N) is 1. The van der Waals surface area contributed by atoms with Crippen LogP contribution in [0.15, 0.2) is 17.0 Å². The highest BCUT2D eigenvalue weighted by molar-refractivity contribution is 7.89. The SMILES string of the molecule is CNCCN(C)S(=O)(=O)c1cc(OC)c(OC)cc1F.Cl. The monoisotopic (exact) mass is 342 g/mol. The van der Waals surface area contributed by atoms with Gasteiger partial charge < -0.3 is 14.8 Å². The van der Waals surface area contributed by atoms with Crippen LogP contribution in [0, 0.1) is 5.82 Å². The normalized spacial score (nSPS) is 11.1. The number of benzene rings is 1. The van der Waals surface area contributed by atoms with Crippen LogP contribution in [0.4, 0.5) is 4.39 Å². The van der Waals surface area contributed by atoms with E-state index < -0.39 is 20.7 Å². The minimum Gasteiger partial charge on any atom is -0.493 e. The van der Waals surface area contributed by atoms with E-state index in [1.807, 2.05) is 0 Å². The van der Waals surface area contributed by atoms with Crippen molar-refractivity contribution in [2.24, 2.45) is 0 Å². The summed E-state index contributed by atoms with van der Waals surface area (Å²) in [4.78, 5) is -0.436. The number of nitrogens with zero attached hydrogens (tertiary/aromatic N) is 1. The molecule has 0 saturated carbocycles. The lowest BCUT2D eigenvalue weighted by atomic mass is 10.3. The summed E-state index contributed by atoms with van der Waals surface area (Å²) in [6.45, 7) is 0.692. The average Bonchev–Trinajstić information content (AvgIpc) is 2.43. The molecule has 0 aliphatic carbocycles. The van der Waals surface area contributed by atoms with E-state index in [9.17, 15) is 12.8 Å². The lowest BCUT2D eigenvalue weighted by Crippen LogP contribution is -2.33. The average molecular weight is 343 g/mol. The molecule has 0 saturated heterocycles. The van der Waals surface area contributed by atoms with Crippen molar-refractivity contribution < 1.29 is 22.3 Å². The minimum atomic E-state index is -3.92. The molecule has 0 radical (unpaired) electrons. The van der Waals surface area contributed by atoms with E-state index in [-0.39, 0.29) is 30.5 Å². The van der Waals surface area contributed by atoms with Crippen LogP contribution < -0.4 is 14.8 Å². The van der Waals surface area contributed by atoms with Crippen LogP contribution in [0.5, 0.6) is 11.5 Å². The van der Waals surface area contributed by atoms with Gasteiger partial charge in [0.1, 0.15) is 10.7 Å². The quantitative estimate of drug-likeness (QED) is 0.804. The summed E-state index contributed by atoms with van der Waals surface area (Å²) in [7, 11) is 1.89. The zero-order chi connectivity index (χ0) is 15.3. The van der Waals surface area contributed by atoms with Crippen LogP contribution in [0.25, 0.3) is 0 Å². The van der Waals surface area contributed by atoms with Crippen LogP contribution >= 0.6 is 12.4 Å². The summed E-state index contributed by atoms with van der Waals surface area (Å²) in [5, 5.41) is 2.83. The third-order valence-corrected chi connectivity index (χ3v) is 4.67. The molecule has 122 valence electrons. The largest absolute Gasteiger partial charge is 0.493 e. The van der Waals surface area contributed by atoms with Crippen molar-refractivity contribution in [1.82, 2.24) is 9.62 Å². The fourth-order valence-corrected chi connectivity index (χ4v) is 2.82. The highest BCUT2D eigenvalue weighted by Crippen LogP contribution is 2.32. The Morgan fingerprint density at radius 1 is 1.24 bits per heavy atom. The first-order valence-corrected chi connectivity index (χ1v) is 7.35. The zero-order valence-corrected chi connectivity index (χ0v) is 14.0. The summed E-state index contributed by atoms with van der Waals surface area (Å²) < 4.78 is 49.6. The highest BCUT2D eigenvalue weighted by Gasteiger charge is 2.26. The second-order valence-electron chi connectivity index (χ2n) is 4.07. The molecule has 1 rings (SSSR count). The fourth-order valence-electron chi connectivity index (χ4n) is 1.59. The van der Waals surface area contributed by atoms with Crippen molar-refractivity contribution in [2.75, 3.05) is 41.4 Å². The Morgan fingerprint density at radius 3 is 2.24 bits per heavy atom. The first kappa shape index (κ1) is 19.9. The molecule has 0 spiro atoms. The fraction of sp³-hybridized carbons (Fsp3) is 0.500. The maximum Gasteiger partial charge on any atom is 0.245 e. The molecule has 1 aromatic rings. The standard InChI is InChI=1S/C12H19FN2O4S.ClH/c1-14-5-6-15(2)20(16,17)12-8-11(19-4)10(18-3)7-9(12)13;/h7-8,14H,5-6H2,1-4H3;1H. The molecule has 0 bridgehead atoms. The molecule has 0 fully saturated rings. The lowest BCUT2D eigenvalue weighted by molar-refractivity contribution is 0.349. The number of ether oxygens (including phenoxy) is 2. The Bertz CT molecular complexity index is 569. The van der Waals surface area contributed by atoms with Gasteiger partial charge in [0.2, 0.25) is 10.0 Å². The van der Waals surface area contributed by atoms with E-state index >= 15 is 0 Å². The molecule has 1 aromatic carbocycles. The number of hydrogen-bond donors (Lipinski definition) is 1. The Kier molecular flexibility index (Phi) is 7.94. The summed E-state index contributed by atoms with van der Waals surface area (Å²) in [6.07, 6.45) is 0. The van der Waals surface area contributed by atoms with Gasteiger partial charge >= 0.3 is 0 Å². The molecule has 21 heavy (non-hydrogen) atoms. The van der Waals surface area contributed by atoms with E-state index in [1.54, 1.807) is 7.05 Å². The van der Waals surface area contributed by atoms with Gasteiger partial charge in [0, 0.05) is 32.3 Å². The highest BCUT2D eigenvalue weighted by atomic mass is 35.5. The first-order chi connectivity index (χ1) is 9.38. The third kappa shape index (κ3) is 4.44. The van der Waals surface area contributed by atoms with Crippen molar-refractivity contribution in [3.8, 4) is 11.5 Å². The molecular formula is C12H20ClFN2O4S. The van der Waals surface area contributed by atoms with Gasteiger partial charge in [0.15, 0.2) is 11.5 Å². The molecule has 0 amide bonds. The third-order valence-electron chi connectivity index (χ3n) is 2.80. The second kappa shape index (κ2) is 8.38. The van der Waals surface area contributed by atoms with Gasteiger partial charge in [-0.1, -0.05) is 0 Å². The maximum atomic E-state index is 14.0. The van der Waals surface area contributed by atoms with Gasteiger partial charge in [-0.25, -0.2) is 12.8 Å². The van der Waals surface area contributed by atoms with Gasteiger partial charge in [-0.3, -0.25) is 0 Å². The number of sulfonamides is 1. The lowest BCUT2D eigenvalue weighted by Gasteiger charge is -2.18. The van der Waals surface area contributed by atoms with Gasteiger partial charge in [-0.2, -0.15) is 4.31 Å². The number of rotatable bonds is 7. The first-order valence-electron chi connectivity index (χ1n) is 5.91. The summed E-state index contributed by atoms with van der Waals surface area (Å²) in [5.41, 5.74) is 0. The van der Waals surface area contributed by atoms with Crippen molar-refractivity contribution in [3.63, 3.8) is 0 Å².